The van der Waals surface area contributed by atoms with Crippen LogP contribution in [-0.4, -0.2) is 6.61 Å². The maximum Gasteiger partial charge on any atom is 0.330 e. The Morgan fingerprint density at radius 1 is 1.31 bits per heavy atom. The highest BCUT2D eigenvalue weighted by atomic mass is 19.3. The summed E-state index contributed by atoms with van der Waals surface area (Å²) in [5.74, 6) is -0.482. The summed E-state index contributed by atoms with van der Waals surface area (Å²) >= 11 is 0. The SMILES string of the molecule is Fc1ccccc1C[N-]OC(F)F. The van der Waals surface area contributed by atoms with Crippen molar-refractivity contribution in [3.8, 4) is 0 Å². The van der Waals surface area contributed by atoms with Gasteiger partial charge < -0.3 is 10.3 Å². The van der Waals surface area contributed by atoms with Crippen LogP contribution < -0.4 is 0 Å². The van der Waals surface area contributed by atoms with E-state index in [0.29, 0.717) is 0 Å². The van der Waals surface area contributed by atoms with Gasteiger partial charge in [-0.05, 0) is 11.6 Å². The first-order valence-electron chi connectivity index (χ1n) is 3.54. The Labute approximate surface area is 73.3 Å². The predicted octanol–water partition coefficient (Wildman–Crippen LogP) is 2.85. The van der Waals surface area contributed by atoms with E-state index in [9.17, 15) is 13.2 Å². The number of halogens is 3. The van der Waals surface area contributed by atoms with Crippen LogP contribution in [0.15, 0.2) is 24.3 Å². The molecule has 0 bridgehead atoms. The van der Waals surface area contributed by atoms with Crippen LogP contribution in [0, 0.1) is 5.82 Å². The molecule has 0 saturated heterocycles. The van der Waals surface area contributed by atoms with Crippen LogP contribution in [0.3, 0.4) is 0 Å². The lowest BCUT2D eigenvalue weighted by Crippen LogP contribution is -1.96. The molecule has 0 aliphatic heterocycles. The quantitative estimate of drug-likeness (QED) is 0.669. The zero-order valence-corrected chi connectivity index (χ0v) is 6.58. The predicted molar refractivity (Wildman–Crippen MR) is 40.6 cm³/mol. The van der Waals surface area contributed by atoms with E-state index in [1.54, 1.807) is 6.07 Å². The number of alkyl halides is 2. The van der Waals surface area contributed by atoms with Crippen LogP contribution >= 0.6 is 0 Å². The highest BCUT2D eigenvalue weighted by Crippen LogP contribution is 2.12. The van der Waals surface area contributed by atoms with E-state index in [1.165, 1.54) is 18.2 Å². The monoisotopic (exact) mass is 190 g/mol. The summed E-state index contributed by atoms with van der Waals surface area (Å²) in [6.07, 6.45) is 0. The van der Waals surface area contributed by atoms with E-state index in [4.69, 9.17) is 0 Å². The van der Waals surface area contributed by atoms with Crippen molar-refractivity contribution in [2.24, 2.45) is 0 Å². The first-order valence-corrected chi connectivity index (χ1v) is 3.54. The zero-order valence-electron chi connectivity index (χ0n) is 6.58. The van der Waals surface area contributed by atoms with Crippen molar-refractivity contribution >= 4 is 0 Å². The minimum Gasteiger partial charge on any atom is -0.526 e. The standard InChI is InChI=1S/C8H7F3NO/c9-7-4-2-1-3-6(7)5-12-13-8(10)11/h1-4,8H,5H2/q-1. The Kier molecular flexibility index (Phi) is 3.72. The molecular weight excluding hydrogens is 183 g/mol. The van der Waals surface area contributed by atoms with Crippen LogP contribution in [0.25, 0.3) is 5.48 Å². The lowest BCUT2D eigenvalue weighted by atomic mass is 10.2. The van der Waals surface area contributed by atoms with Crippen LogP contribution in [0.4, 0.5) is 13.2 Å². The molecule has 0 N–H and O–H groups in total. The van der Waals surface area contributed by atoms with Gasteiger partial charge in [0.2, 0.25) is 0 Å². The van der Waals surface area contributed by atoms with Crippen LogP contribution in [0.2, 0.25) is 0 Å². The number of rotatable bonds is 4. The first kappa shape index (κ1) is 10.0. The van der Waals surface area contributed by atoms with Crippen LogP contribution in [0.1, 0.15) is 5.56 Å². The van der Waals surface area contributed by atoms with Gasteiger partial charge in [0.25, 0.3) is 0 Å². The van der Waals surface area contributed by atoms with E-state index >= 15 is 0 Å². The molecule has 0 spiro atoms. The molecule has 72 valence electrons. The summed E-state index contributed by atoms with van der Waals surface area (Å²) in [5, 5.41) is 0. The Morgan fingerprint density at radius 2 is 2.00 bits per heavy atom. The average molecular weight is 190 g/mol. The van der Waals surface area contributed by atoms with Crippen LogP contribution in [0.5, 0.6) is 0 Å². The molecule has 0 aliphatic carbocycles. The fourth-order valence-electron chi connectivity index (χ4n) is 0.790. The highest BCUT2D eigenvalue weighted by molar-refractivity contribution is 5.18. The molecule has 0 heterocycles. The fourth-order valence-corrected chi connectivity index (χ4v) is 0.790. The van der Waals surface area contributed by atoms with Crippen molar-refractivity contribution in [2.75, 3.05) is 0 Å². The van der Waals surface area contributed by atoms with Gasteiger partial charge in [-0.25, -0.2) is 4.39 Å². The van der Waals surface area contributed by atoms with Crippen molar-refractivity contribution in [3.63, 3.8) is 0 Å². The number of hydrogen-bond donors (Lipinski definition) is 0. The largest absolute Gasteiger partial charge is 0.526 e. The molecule has 0 aromatic heterocycles. The second-order valence-corrected chi connectivity index (χ2v) is 2.24. The third kappa shape index (κ3) is 3.43. The zero-order chi connectivity index (χ0) is 9.68. The molecule has 1 aromatic rings. The second kappa shape index (κ2) is 4.84. The Balaban J connectivity index is 2.41. The van der Waals surface area contributed by atoms with E-state index in [2.05, 4.69) is 10.3 Å². The maximum atomic E-state index is 12.8. The molecule has 0 aliphatic rings. The Morgan fingerprint density at radius 3 is 2.62 bits per heavy atom. The van der Waals surface area contributed by atoms with Crippen LogP contribution in [-0.2, 0) is 11.4 Å². The molecule has 0 fully saturated rings. The summed E-state index contributed by atoms with van der Waals surface area (Å²) in [5.41, 5.74) is 3.24. The summed E-state index contributed by atoms with van der Waals surface area (Å²) in [6.45, 7) is -3.16. The molecule has 13 heavy (non-hydrogen) atoms. The summed E-state index contributed by atoms with van der Waals surface area (Å²) < 4.78 is 35.7. The fraction of sp³-hybridized carbons (Fsp3) is 0.250. The molecule has 0 unspecified atom stereocenters. The second-order valence-electron chi connectivity index (χ2n) is 2.24. The summed E-state index contributed by atoms with van der Waals surface area (Å²) in [6, 6.07) is 5.78. The molecular formula is C8H7F3NO-. The summed E-state index contributed by atoms with van der Waals surface area (Å²) in [4.78, 5) is 3.63. The molecule has 0 radical (unpaired) electrons. The van der Waals surface area contributed by atoms with Gasteiger partial charge >= 0.3 is 6.61 Å². The first-order chi connectivity index (χ1) is 6.20. The van der Waals surface area contributed by atoms with Crippen molar-refractivity contribution in [1.29, 1.82) is 0 Å². The topological polar surface area (TPSA) is 23.3 Å². The molecule has 1 rings (SSSR count). The van der Waals surface area contributed by atoms with Gasteiger partial charge in [-0.15, -0.1) is 6.54 Å². The van der Waals surface area contributed by atoms with Gasteiger partial charge in [0.05, 0.1) is 0 Å². The van der Waals surface area contributed by atoms with Gasteiger partial charge in [0, 0.05) is 0 Å². The summed E-state index contributed by atoms with van der Waals surface area (Å²) in [7, 11) is 0. The lowest BCUT2D eigenvalue weighted by molar-refractivity contribution is -0.0977. The van der Waals surface area contributed by atoms with E-state index in [-0.39, 0.29) is 12.1 Å². The molecule has 0 saturated carbocycles. The maximum absolute atomic E-state index is 12.8. The number of hydroxylamine groups is 1. The number of hydrogen-bond acceptors (Lipinski definition) is 1. The minimum absolute atomic E-state index is 0.211. The highest BCUT2D eigenvalue weighted by Gasteiger charge is 1.95. The van der Waals surface area contributed by atoms with E-state index in [0.717, 1.165) is 0 Å². The minimum atomic E-state index is -2.95. The van der Waals surface area contributed by atoms with E-state index in [1.807, 2.05) is 0 Å². The van der Waals surface area contributed by atoms with Crippen molar-refractivity contribution in [2.45, 2.75) is 13.2 Å². The van der Waals surface area contributed by atoms with Gasteiger partial charge in [-0.2, -0.15) is 8.78 Å². The van der Waals surface area contributed by atoms with Gasteiger partial charge in [-0.1, -0.05) is 18.2 Å². The van der Waals surface area contributed by atoms with E-state index < -0.39 is 12.4 Å². The van der Waals surface area contributed by atoms with Gasteiger partial charge in [0.15, 0.2) is 0 Å². The molecule has 2 nitrogen and oxygen atoms in total. The smallest absolute Gasteiger partial charge is 0.330 e. The molecule has 1 aromatic carbocycles. The Bertz CT molecular complexity index is 267. The molecule has 0 amide bonds. The van der Waals surface area contributed by atoms with Gasteiger partial charge in [0.1, 0.15) is 5.82 Å². The lowest BCUT2D eigenvalue weighted by Gasteiger charge is -2.19. The number of nitrogens with zero attached hydrogens (tertiary/aromatic N) is 1. The molecule has 0 atom stereocenters. The molecule has 5 heteroatoms. The Hall–Kier alpha value is -1.07. The van der Waals surface area contributed by atoms with Crippen molar-refractivity contribution < 1.29 is 18.0 Å². The number of benzene rings is 1. The normalized spacial score (nSPS) is 10.8. The third-order valence-electron chi connectivity index (χ3n) is 1.35. The average Bonchev–Trinajstić information content (AvgIpc) is 2.08. The third-order valence-corrected chi connectivity index (χ3v) is 1.35. The van der Waals surface area contributed by atoms with Crippen molar-refractivity contribution in [3.05, 3.63) is 41.1 Å². The van der Waals surface area contributed by atoms with Gasteiger partial charge in [-0.3, -0.25) is 0 Å². The van der Waals surface area contributed by atoms with Crippen molar-refractivity contribution in [1.82, 2.24) is 0 Å².